The predicted octanol–water partition coefficient (Wildman–Crippen LogP) is 1.42. The SMILES string of the molecule is Cc1nc(C(C)NC2CN(C)C2)cs1. The van der Waals surface area contributed by atoms with Gasteiger partial charge in [0.2, 0.25) is 0 Å². The highest BCUT2D eigenvalue weighted by Crippen LogP contribution is 2.17. The van der Waals surface area contributed by atoms with E-state index in [1.807, 2.05) is 0 Å². The van der Waals surface area contributed by atoms with E-state index in [2.05, 4.69) is 41.5 Å². The molecule has 2 heterocycles. The lowest BCUT2D eigenvalue weighted by Gasteiger charge is -2.38. The molecule has 0 aromatic carbocycles. The first-order chi connectivity index (χ1) is 6.65. The Bertz CT molecular complexity index is 304. The van der Waals surface area contributed by atoms with Gasteiger partial charge in [0.05, 0.1) is 10.7 Å². The van der Waals surface area contributed by atoms with Crippen LogP contribution in [0.2, 0.25) is 0 Å². The predicted molar refractivity (Wildman–Crippen MR) is 59.7 cm³/mol. The molecule has 14 heavy (non-hydrogen) atoms. The Hall–Kier alpha value is -0.450. The van der Waals surface area contributed by atoms with E-state index in [1.54, 1.807) is 11.3 Å². The van der Waals surface area contributed by atoms with Gasteiger partial charge in [0.25, 0.3) is 0 Å². The molecule has 4 heteroatoms. The lowest BCUT2D eigenvalue weighted by atomic mass is 10.1. The molecule has 0 amide bonds. The second-order valence-electron chi connectivity index (χ2n) is 4.10. The zero-order valence-electron chi connectivity index (χ0n) is 8.95. The Labute approximate surface area is 89.1 Å². The average molecular weight is 211 g/mol. The van der Waals surface area contributed by atoms with Gasteiger partial charge in [-0.2, -0.15) is 0 Å². The number of rotatable bonds is 3. The van der Waals surface area contributed by atoms with Crippen LogP contribution in [-0.2, 0) is 0 Å². The molecule has 3 nitrogen and oxygen atoms in total. The van der Waals surface area contributed by atoms with Crippen LogP contribution < -0.4 is 5.32 Å². The number of nitrogens with one attached hydrogen (secondary N) is 1. The third kappa shape index (κ3) is 2.13. The van der Waals surface area contributed by atoms with Gasteiger partial charge in [0, 0.05) is 30.6 Å². The fourth-order valence-corrected chi connectivity index (χ4v) is 2.53. The minimum absolute atomic E-state index is 0.388. The van der Waals surface area contributed by atoms with Gasteiger partial charge in [-0.1, -0.05) is 0 Å². The van der Waals surface area contributed by atoms with Crippen LogP contribution in [0.5, 0.6) is 0 Å². The third-order valence-corrected chi connectivity index (χ3v) is 3.42. The molecule has 0 radical (unpaired) electrons. The van der Waals surface area contributed by atoms with Crippen molar-refractivity contribution < 1.29 is 0 Å². The fourth-order valence-electron chi connectivity index (χ4n) is 1.82. The van der Waals surface area contributed by atoms with Crippen LogP contribution in [0.4, 0.5) is 0 Å². The minimum atomic E-state index is 0.388. The molecule has 1 aliphatic rings. The summed E-state index contributed by atoms with van der Waals surface area (Å²) >= 11 is 1.72. The van der Waals surface area contributed by atoms with E-state index in [9.17, 15) is 0 Å². The first kappa shape index (κ1) is 10.1. The van der Waals surface area contributed by atoms with Crippen LogP contribution in [0.1, 0.15) is 23.7 Å². The topological polar surface area (TPSA) is 28.2 Å². The van der Waals surface area contributed by atoms with Crippen LogP contribution in [0.25, 0.3) is 0 Å². The van der Waals surface area contributed by atoms with Gasteiger partial charge in [-0.3, -0.25) is 0 Å². The summed E-state index contributed by atoms with van der Waals surface area (Å²) in [5, 5.41) is 6.88. The highest BCUT2D eigenvalue weighted by Gasteiger charge is 2.24. The molecule has 1 fully saturated rings. The number of hydrogen-bond acceptors (Lipinski definition) is 4. The Morgan fingerprint density at radius 3 is 2.86 bits per heavy atom. The van der Waals surface area contributed by atoms with E-state index in [4.69, 9.17) is 0 Å². The normalized spacial score (nSPS) is 20.8. The molecule has 0 aliphatic carbocycles. The maximum atomic E-state index is 4.48. The molecule has 2 rings (SSSR count). The smallest absolute Gasteiger partial charge is 0.0898 e. The lowest BCUT2D eigenvalue weighted by Crippen LogP contribution is -2.56. The van der Waals surface area contributed by atoms with Crippen molar-refractivity contribution in [2.75, 3.05) is 20.1 Å². The second kappa shape index (κ2) is 3.96. The number of nitrogens with zero attached hydrogens (tertiary/aromatic N) is 2. The summed E-state index contributed by atoms with van der Waals surface area (Å²) in [6.07, 6.45) is 0. The van der Waals surface area contributed by atoms with Crippen molar-refractivity contribution in [2.45, 2.75) is 25.9 Å². The molecule has 78 valence electrons. The van der Waals surface area contributed by atoms with E-state index in [1.165, 1.54) is 5.69 Å². The van der Waals surface area contributed by atoms with E-state index in [0.717, 1.165) is 18.1 Å². The molecule has 0 bridgehead atoms. The van der Waals surface area contributed by atoms with Crippen LogP contribution in [-0.4, -0.2) is 36.1 Å². The molecule has 1 aromatic rings. The Morgan fingerprint density at radius 2 is 2.36 bits per heavy atom. The van der Waals surface area contributed by atoms with Crippen molar-refractivity contribution >= 4 is 11.3 Å². The molecule has 0 saturated carbocycles. The first-order valence-electron chi connectivity index (χ1n) is 5.02. The minimum Gasteiger partial charge on any atom is -0.303 e. The second-order valence-corrected chi connectivity index (χ2v) is 5.16. The summed E-state index contributed by atoms with van der Waals surface area (Å²) in [5.74, 6) is 0. The van der Waals surface area contributed by atoms with Gasteiger partial charge < -0.3 is 10.2 Å². The van der Waals surface area contributed by atoms with E-state index in [0.29, 0.717) is 12.1 Å². The molecule has 1 N–H and O–H groups in total. The number of aromatic nitrogens is 1. The summed E-state index contributed by atoms with van der Waals surface area (Å²) < 4.78 is 0. The number of likely N-dealkylation sites (tertiary alicyclic amines) is 1. The molecule has 1 aromatic heterocycles. The lowest BCUT2D eigenvalue weighted by molar-refractivity contribution is 0.152. The van der Waals surface area contributed by atoms with Gasteiger partial charge in [-0.05, 0) is 20.9 Å². The summed E-state index contributed by atoms with van der Waals surface area (Å²) in [5.41, 5.74) is 1.18. The van der Waals surface area contributed by atoms with Gasteiger partial charge in [-0.15, -0.1) is 11.3 Å². The number of likely N-dealkylation sites (N-methyl/N-ethyl adjacent to an activating group) is 1. The van der Waals surface area contributed by atoms with Crippen LogP contribution in [0, 0.1) is 6.92 Å². The zero-order chi connectivity index (χ0) is 10.1. The Balaban J connectivity index is 1.86. The first-order valence-corrected chi connectivity index (χ1v) is 5.89. The van der Waals surface area contributed by atoms with Crippen molar-refractivity contribution in [2.24, 2.45) is 0 Å². The Morgan fingerprint density at radius 1 is 1.64 bits per heavy atom. The van der Waals surface area contributed by atoms with Crippen LogP contribution in [0.3, 0.4) is 0 Å². The molecular weight excluding hydrogens is 194 g/mol. The quantitative estimate of drug-likeness (QED) is 0.819. The van der Waals surface area contributed by atoms with Gasteiger partial charge >= 0.3 is 0 Å². The van der Waals surface area contributed by atoms with E-state index in [-0.39, 0.29) is 0 Å². The van der Waals surface area contributed by atoms with Gasteiger partial charge in [0.1, 0.15) is 0 Å². The average Bonchev–Trinajstić information content (AvgIpc) is 2.49. The standard InChI is InChI=1S/C10H17N3S/c1-7(10-6-14-8(2)12-10)11-9-4-13(3)5-9/h6-7,9,11H,4-5H2,1-3H3. The van der Waals surface area contributed by atoms with Crippen LogP contribution >= 0.6 is 11.3 Å². The van der Waals surface area contributed by atoms with Crippen molar-refractivity contribution in [3.05, 3.63) is 16.1 Å². The van der Waals surface area contributed by atoms with Gasteiger partial charge in [-0.25, -0.2) is 4.98 Å². The van der Waals surface area contributed by atoms with Crippen molar-refractivity contribution in [1.82, 2.24) is 15.2 Å². The molecular formula is C10H17N3S. The van der Waals surface area contributed by atoms with Crippen LogP contribution in [0.15, 0.2) is 5.38 Å². The van der Waals surface area contributed by atoms with E-state index >= 15 is 0 Å². The number of hydrogen-bond donors (Lipinski definition) is 1. The Kier molecular flexibility index (Phi) is 2.85. The molecule has 0 spiro atoms. The largest absolute Gasteiger partial charge is 0.303 e. The molecule has 1 atom stereocenters. The molecule has 1 aliphatic heterocycles. The monoisotopic (exact) mass is 211 g/mol. The zero-order valence-corrected chi connectivity index (χ0v) is 9.77. The number of aryl methyl sites for hydroxylation is 1. The van der Waals surface area contributed by atoms with Crippen molar-refractivity contribution in [3.8, 4) is 0 Å². The highest BCUT2D eigenvalue weighted by atomic mass is 32.1. The van der Waals surface area contributed by atoms with E-state index < -0.39 is 0 Å². The summed E-state index contributed by atoms with van der Waals surface area (Å²) in [7, 11) is 2.15. The number of thiazole rings is 1. The highest BCUT2D eigenvalue weighted by molar-refractivity contribution is 7.09. The van der Waals surface area contributed by atoms with Crippen molar-refractivity contribution in [3.63, 3.8) is 0 Å². The summed E-state index contributed by atoms with van der Waals surface area (Å²) in [4.78, 5) is 6.80. The maximum Gasteiger partial charge on any atom is 0.0898 e. The van der Waals surface area contributed by atoms with Crippen molar-refractivity contribution in [1.29, 1.82) is 0 Å². The van der Waals surface area contributed by atoms with Gasteiger partial charge in [0.15, 0.2) is 0 Å². The summed E-state index contributed by atoms with van der Waals surface area (Å²) in [6, 6.07) is 1.04. The molecule has 1 saturated heterocycles. The summed E-state index contributed by atoms with van der Waals surface area (Å²) in [6.45, 7) is 6.56. The fraction of sp³-hybridized carbons (Fsp3) is 0.700. The molecule has 1 unspecified atom stereocenters. The maximum absolute atomic E-state index is 4.48. The third-order valence-electron chi connectivity index (χ3n) is 2.63.